The van der Waals surface area contributed by atoms with Crippen molar-refractivity contribution in [1.82, 2.24) is 5.32 Å². The van der Waals surface area contributed by atoms with Gasteiger partial charge in [-0.2, -0.15) is 0 Å². The maximum Gasteiger partial charge on any atom is 0.306 e. The molecule has 0 spiro atoms. The molecule has 1 heterocycles. The molecule has 0 aromatic heterocycles. The number of carbonyl (C=O) groups is 1. The standard InChI is InChI=1S/C15H27NO2/c1-12-3-2-4-14(11-12)18-15(17)6-5-13-7-9-16-10-8-13/h12-14,16H,2-11H2,1H3. The summed E-state index contributed by atoms with van der Waals surface area (Å²) in [5.74, 6) is 1.48. The lowest BCUT2D eigenvalue weighted by Gasteiger charge is -2.27. The van der Waals surface area contributed by atoms with Crippen molar-refractivity contribution in [2.45, 2.75) is 64.4 Å². The fraction of sp³-hybridized carbons (Fsp3) is 0.933. The van der Waals surface area contributed by atoms with Gasteiger partial charge in [-0.05, 0) is 63.5 Å². The second-order valence-electron chi connectivity index (χ2n) is 6.12. The SMILES string of the molecule is CC1CCCC(OC(=O)CCC2CCNCC2)C1. The van der Waals surface area contributed by atoms with Crippen LogP contribution in [0.2, 0.25) is 0 Å². The normalized spacial score (nSPS) is 30.1. The van der Waals surface area contributed by atoms with E-state index in [1.807, 2.05) is 0 Å². The van der Waals surface area contributed by atoms with Crippen molar-refractivity contribution in [1.29, 1.82) is 0 Å². The number of carbonyl (C=O) groups excluding carboxylic acids is 1. The van der Waals surface area contributed by atoms with Gasteiger partial charge in [0.2, 0.25) is 0 Å². The highest BCUT2D eigenvalue weighted by atomic mass is 16.5. The van der Waals surface area contributed by atoms with Crippen molar-refractivity contribution in [3.63, 3.8) is 0 Å². The number of rotatable bonds is 4. The van der Waals surface area contributed by atoms with Gasteiger partial charge in [0.1, 0.15) is 6.10 Å². The van der Waals surface area contributed by atoms with Crippen LogP contribution in [0, 0.1) is 11.8 Å². The summed E-state index contributed by atoms with van der Waals surface area (Å²) in [4.78, 5) is 11.8. The van der Waals surface area contributed by atoms with Crippen LogP contribution in [0.25, 0.3) is 0 Å². The van der Waals surface area contributed by atoms with Crippen LogP contribution in [-0.4, -0.2) is 25.2 Å². The zero-order valence-electron chi connectivity index (χ0n) is 11.6. The molecule has 3 heteroatoms. The molecule has 1 saturated heterocycles. The van der Waals surface area contributed by atoms with E-state index in [1.54, 1.807) is 0 Å². The maximum atomic E-state index is 11.8. The molecule has 2 unspecified atom stereocenters. The first-order chi connectivity index (χ1) is 8.74. The molecule has 2 aliphatic rings. The summed E-state index contributed by atoms with van der Waals surface area (Å²) in [6.07, 6.45) is 8.92. The molecule has 1 N–H and O–H groups in total. The average Bonchev–Trinajstić information content (AvgIpc) is 2.38. The molecule has 2 fully saturated rings. The van der Waals surface area contributed by atoms with Crippen LogP contribution >= 0.6 is 0 Å². The van der Waals surface area contributed by atoms with Crippen molar-refractivity contribution >= 4 is 5.97 Å². The number of nitrogens with one attached hydrogen (secondary N) is 1. The molecule has 2 atom stereocenters. The molecule has 0 bridgehead atoms. The third-order valence-corrected chi connectivity index (χ3v) is 4.40. The monoisotopic (exact) mass is 253 g/mol. The van der Waals surface area contributed by atoms with Gasteiger partial charge in [-0.15, -0.1) is 0 Å². The van der Waals surface area contributed by atoms with E-state index in [0.29, 0.717) is 6.42 Å². The predicted octanol–water partition coefficient (Wildman–Crippen LogP) is 2.89. The van der Waals surface area contributed by atoms with Gasteiger partial charge in [0.25, 0.3) is 0 Å². The van der Waals surface area contributed by atoms with Crippen molar-refractivity contribution in [3.05, 3.63) is 0 Å². The summed E-state index contributed by atoms with van der Waals surface area (Å²) in [5.41, 5.74) is 0. The third kappa shape index (κ3) is 4.60. The van der Waals surface area contributed by atoms with Gasteiger partial charge in [-0.25, -0.2) is 0 Å². The molecule has 1 saturated carbocycles. The van der Waals surface area contributed by atoms with Crippen molar-refractivity contribution in [2.75, 3.05) is 13.1 Å². The molecular formula is C15H27NO2. The Labute approximate surface area is 111 Å². The molecule has 2 rings (SSSR count). The van der Waals surface area contributed by atoms with E-state index < -0.39 is 0 Å². The van der Waals surface area contributed by atoms with Crippen molar-refractivity contribution in [3.8, 4) is 0 Å². The Balaban J connectivity index is 1.62. The lowest BCUT2D eigenvalue weighted by Crippen LogP contribution is -2.28. The molecule has 104 valence electrons. The molecule has 0 aromatic rings. The summed E-state index contributed by atoms with van der Waals surface area (Å²) in [6.45, 7) is 4.48. The zero-order valence-corrected chi connectivity index (χ0v) is 11.6. The Morgan fingerprint density at radius 1 is 1.22 bits per heavy atom. The van der Waals surface area contributed by atoms with Crippen LogP contribution in [0.15, 0.2) is 0 Å². The molecule has 0 aromatic carbocycles. The van der Waals surface area contributed by atoms with Gasteiger partial charge in [-0.1, -0.05) is 13.3 Å². The molecular weight excluding hydrogens is 226 g/mol. The predicted molar refractivity (Wildman–Crippen MR) is 72.3 cm³/mol. The van der Waals surface area contributed by atoms with Gasteiger partial charge in [0, 0.05) is 6.42 Å². The van der Waals surface area contributed by atoms with Gasteiger partial charge < -0.3 is 10.1 Å². The first kappa shape index (κ1) is 13.9. The summed E-state index contributed by atoms with van der Waals surface area (Å²) >= 11 is 0. The lowest BCUT2D eigenvalue weighted by atomic mass is 9.88. The molecule has 1 aliphatic heterocycles. The Morgan fingerprint density at radius 3 is 2.72 bits per heavy atom. The minimum atomic E-state index is 0.0348. The van der Waals surface area contributed by atoms with Gasteiger partial charge >= 0.3 is 5.97 Å². The van der Waals surface area contributed by atoms with Crippen LogP contribution < -0.4 is 5.32 Å². The first-order valence-corrected chi connectivity index (χ1v) is 7.64. The number of piperidine rings is 1. The van der Waals surface area contributed by atoms with E-state index in [1.165, 1.54) is 25.7 Å². The van der Waals surface area contributed by atoms with Crippen LogP contribution in [-0.2, 0) is 9.53 Å². The highest BCUT2D eigenvalue weighted by molar-refractivity contribution is 5.69. The fourth-order valence-electron chi connectivity index (χ4n) is 3.22. The number of ether oxygens (including phenoxy) is 1. The molecule has 1 aliphatic carbocycles. The van der Waals surface area contributed by atoms with Gasteiger partial charge in [0.05, 0.1) is 0 Å². The molecule has 18 heavy (non-hydrogen) atoms. The summed E-state index contributed by atoms with van der Waals surface area (Å²) in [5, 5.41) is 3.36. The highest BCUT2D eigenvalue weighted by Crippen LogP contribution is 2.26. The third-order valence-electron chi connectivity index (χ3n) is 4.40. The van der Waals surface area contributed by atoms with E-state index in [-0.39, 0.29) is 12.1 Å². The van der Waals surface area contributed by atoms with Crippen LogP contribution in [0.1, 0.15) is 58.3 Å². The summed E-state index contributed by atoms with van der Waals surface area (Å²) in [6, 6.07) is 0. The minimum Gasteiger partial charge on any atom is -0.462 e. The molecule has 0 amide bonds. The Hall–Kier alpha value is -0.570. The molecule has 3 nitrogen and oxygen atoms in total. The summed E-state index contributed by atoms with van der Waals surface area (Å²) < 4.78 is 5.60. The van der Waals surface area contributed by atoms with E-state index in [0.717, 1.165) is 44.2 Å². The Bertz CT molecular complexity index is 261. The first-order valence-electron chi connectivity index (χ1n) is 7.64. The van der Waals surface area contributed by atoms with E-state index in [9.17, 15) is 4.79 Å². The van der Waals surface area contributed by atoms with Gasteiger partial charge in [0.15, 0.2) is 0 Å². The second-order valence-corrected chi connectivity index (χ2v) is 6.12. The van der Waals surface area contributed by atoms with E-state index in [4.69, 9.17) is 4.74 Å². The lowest BCUT2D eigenvalue weighted by molar-refractivity contribution is -0.151. The van der Waals surface area contributed by atoms with E-state index in [2.05, 4.69) is 12.2 Å². The average molecular weight is 253 g/mol. The van der Waals surface area contributed by atoms with Crippen LogP contribution in [0.5, 0.6) is 0 Å². The maximum absolute atomic E-state index is 11.8. The van der Waals surface area contributed by atoms with Crippen LogP contribution in [0.4, 0.5) is 0 Å². The molecule has 0 radical (unpaired) electrons. The van der Waals surface area contributed by atoms with Gasteiger partial charge in [-0.3, -0.25) is 4.79 Å². The van der Waals surface area contributed by atoms with Crippen molar-refractivity contribution < 1.29 is 9.53 Å². The van der Waals surface area contributed by atoms with E-state index >= 15 is 0 Å². The van der Waals surface area contributed by atoms with Crippen molar-refractivity contribution in [2.24, 2.45) is 11.8 Å². The highest BCUT2D eigenvalue weighted by Gasteiger charge is 2.22. The number of hydrogen-bond donors (Lipinski definition) is 1. The van der Waals surface area contributed by atoms with Crippen LogP contribution in [0.3, 0.4) is 0 Å². The quantitative estimate of drug-likeness (QED) is 0.783. The largest absolute Gasteiger partial charge is 0.462 e. The number of hydrogen-bond acceptors (Lipinski definition) is 3. The smallest absolute Gasteiger partial charge is 0.306 e. The topological polar surface area (TPSA) is 38.3 Å². The summed E-state index contributed by atoms with van der Waals surface area (Å²) in [7, 11) is 0. The number of esters is 1. The Kier molecular flexibility index (Phi) is 5.48. The minimum absolute atomic E-state index is 0.0348. The second kappa shape index (κ2) is 7.13. The Morgan fingerprint density at radius 2 is 2.00 bits per heavy atom. The zero-order chi connectivity index (χ0) is 12.8. The fourth-order valence-corrected chi connectivity index (χ4v) is 3.22.